The molecular weight excluding hydrogens is 316 g/mol. The molecule has 7 heteroatoms. The summed E-state index contributed by atoms with van der Waals surface area (Å²) < 4.78 is 2.07. The molecule has 0 saturated heterocycles. The van der Waals surface area contributed by atoms with E-state index in [2.05, 4.69) is 36.4 Å². The summed E-state index contributed by atoms with van der Waals surface area (Å²) >= 11 is 0. The molecule has 0 spiro atoms. The average Bonchev–Trinajstić information content (AvgIpc) is 2.89. The number of nitrogens with zero attached hydrogens (tertiary/aromatic N) is 4. The molecule has 0 bridgehead atoms. The molecule has 1 atom stereocenters. The molecule has 1 aliphatic carbocycles. The lowest BCUT2D eigenvalue weighted by Crippen LogP contribution is -2.32. The molecule has 2 aromatic rings. The normalized spacial score (nSPS) is 19.6. The zero-order chi connectivity index (χ0) is 17.1. The Morgan fingerprint density at radius 1 is 1.32 bits per heavy atom. The molecule has 1 aliphatic heterocycles. The number of hydrogen-bond donors (Lipinski definition) is 2. The lowest BCUT2D eigenvalue weighted by molar-refractivity contribution is -0.121. The van der Waals surface area contributed by atoms with Crippen molar-refractivity contribution >= 4 is 5.91 Å². The van der Waals surface area contributed by atoms with Gasteiger partial charge in [-0.1, -0.05) is 0 Å². The molecule has 25 heavy (non-hydrogen) atoms. The summed E-state index contributed by atoms with van der Waals surface area (Å²) in [6.45, 7) is 2.84. The highest BCUT2D eigenvalue weighted by Gasteiger charge is 2.23. The molecule has 0 radical (unpaired) electrons. The number of nitrogens with one attached hydrogen (secondary N) is 2. The first-order chi connectivity index (χ1) is 12.3. The number of fused-ring (bicyclic) bond motifs is 2. The number of carbonyl (C=O) groups is 1. The Hall–Kier alpha value is -2.28. The average molecular weight is 340 g/mol. The predicted molar refractivity (Wildman–Crippen MR) is 92.7 cm³/mol. The Labute approximate surface area is 147 Å². The minimum Gasteiger partial charge on any atom is -0.348 e. The van der Waals surface area contributed by atoms with Gasteiger partial charge in [-0.3, -0.25) is 19.4 Å². The van der Waals surface area contributed by atoms with E-state index < -0.39 is 0 Å². The van der Waals surface area contributed by atoms with Gasteiger partial charge in [-0.05, 0) is 38.3 Å². The van der Waals surface area contributed by atoms with E-state index in [4.69, 9.17) is 0 Å². The van der Waals surface area contributed by atoms with Crippen LogP contribution in [-0.2, 0) is 30.7 Å². The van der Waals surface area contributed by atoms with E-state index in [9.17, 15) is 4.79 Å². The van der Waals surface area contributed by atoms with Crippen LogP contribution < -0.4 is 10.6 Å². The lowest BCUT2D eigenvalue weighted by Gasteiger charge is -2.24. The highest BCUT2D eigenvalue weighted by Crippen LogP contribution is 2.26. The van der Waals surface area contributed by atoms with Crippen LogP contribution in [0.2, 0.25) is 0 Å². The monoisotopic (exact) mass is 340 g/mol. The fourth-order valence-corrected chi connectivity index (χ4v) is 3.66. The summed E-state index contributed by atoms with van der Waals surface area (Å²) in [4.78, 5) is 21.2. The summed E-state index contributed by atoms with van der Waals surface area (Å²) in [6.07, 6.45) is 8.57. The molecule has 2 aromatic heterocycles. The Kier molecular flexibility index (Phi) is 4.74. The highest BCUT2D eigenvalue weighted by atomic mass is 16.1. The first-order valence-electron chi connectivity index (χ1n) is 9.15. The third-order valence-electron chi connectivity index (χ3n) is 4.93. The number of hydrogen-bond acceptors (Lipinski definition) is 5. The SMILES string of the molecule is O=C(CCc1cc2n(n1)CCCNC2)NC1CCCc2nccnc21. The molecule has 2 N–H and O–H groups in total. The van der Waals surface area contributed by atoms with Gasteiger partial charge in [-0.2, -0.15) is 5.10 Å². The van der Waals surface area contributed by atoms with Crippen LogP contribution in [0.15, 0.2) is 18.5 Å². The number of rotatable bonds is 4. The van der Waals surface area contributed by atoms with Crippen molar-refractivity contribution in [3.63, 3.8) is 0 Å². The summed E-state index contributed by atoms with van der Waals surface area (Å²) in [7, 11) is 0. The van der Waals surface area contributed by atoms with Crippen molar-refractivity contribution in [2.24, 2.45) is 0 Å². The Bertz CT molecular complexity index is 732. The fraction of sp³-hybridized carbons (Fsp3) is 0.556. The molecule has 1 amide bonds. The molecule has 2 aliphatic rings. The minimum atomic E-state index is -0.00661. The van der Waals surface area contributed by atoms with Gasteiger partial charge in [0.15, 0.2) is 0 Å². The zero-order valence-electron chi connectivity index (χ0n) is 14.4. The van der Waals surface area contributed by atoms with Crippen LogP contribution in [0, 0.1) is 0 Å². The molecular formula is C18H24N6O. The third-order valence-corrected chi connectivity index (χ3v) is 4.93. The highest BCUT2D eigenvalue weighted by molar-refractivity contribution is 5.76. The quantitative estimate of drug-likeness (QED) is 0.876. The molecule has 0 fully saturated rings. The maximum Gasteiger partial charge on any atom is 0.220 e. The van der Waals surface area contributed by atoms with Crippen LogP contribution in [0.3, 0.4) is 0 Å². The molecule has 3 heterocycles. The van der Waals surface area contributed by atoms with E-state index in [0.717, 1.165) is 62.4 Å². The zero-order valence-corrected chi connectivity index (χ0v) is 14.4. The van der Waals surface area contributed by atoms with E-state index in [-0.39, 0.29) is 11.9 Å². The van der Waals surface area contributed by atoms with Gasteiger partial charge in [0.2, 0.25) is 5.91 Å². The van der Waals surface area contributed by atoms with Gasteiger partial charge in [-0.15, -0.1) is 0 Å². The lowest BCUT2D eigenvalue weighted by atomic mass is 9.95. The van der Waals surface area contributed by atoms with Gasteiger partial charge in [-0.25, -0.2) is 0 Å². The molecule has 132 valence electrons. The fourth-order valence-electron chi connectivity index (χ4n) is 3.66. The van der Waals surface area contributed by atoms with Crippen molar-refractivity contribution in [2.75, 3.05) is 6.54 Å². The van der Waals surface area contributed by atoms with Crippen molar-refractivity contribution in [3.8, 4) is 0 Å². The van der Waals surface area contributed by atoms with Crippen molar-refractivity contribution in [3.05, 3.63) is 41.2 Å². The van der Waals surface area contributed by atoms with E-state index in [1.807, 2.05) is 0 Å². The topological polar surface area (TPSA) is 84.7 Å². The first-order valence-corrected chi connectivity index (χ1v) is 9.15. The van der Waals surface area contributed by atoms with Crippen molar-refractivity contribution in [1.82, 2.24) is 30.4 Å². The largest absolute Gasteiger partial charge is 0.348 e. The van der Waals surface area contributed by atoms with Gasteiger partial charge in [0, 0.05) is 38.3 Å². The van der Waals surface area contributed by atoms with E-state index in [1.165, 1.54) is 5.69 Å². The van der Waals surface area contributed by atoms with Crippen LogP contribution in [0.25, 0.3) is 0 Å². The Balaban J connectivity index is 1.34. The number of carbonyl (C=O) groups excluding carboxylic acids is 1. The summed E-state index contributed by atoms with van der Waals surface area (Å²) in [5.41, 5.74) is 4.16. The van der Waals surface area contributed by atoms with Crippen LogP contribution in [0.5, 0.6) is 0 Å². The van der Waals surface area contributed by atoms with Gasteiger partial charge in [0.05, 0.1) is 28.8 Å². The number of aryl methyl sites for hydroxylation is 3. The van der Waals surface area contributed by atoms with Gasteiger partial charge >= 0.3 is 0 Å². The second-order valence-corrected chi connectivity index (χ2v) is 6.78. The van der Waals surface area contributed by atoms with Crippen LogP contribution in [-0.4, -0.2) is 32.2 Å². The maximum atomic E-state index is 12.4. The van der Waals surface area contributed by atoms with Gasteiger partial charge in [0.1, 0.15) is 0 Å². The van der Waals surface area contributed by atoms with E-state index in [0.29, 0.717) is 12.8 Å². The van der Waals surface area contributed by atoms with E-state index in [1.54, 1.807) is 12.4 Å². The minimum absolute atomic E-state index is 0.00661. The Morgan fingerprint density at radius 2 is 2.24 bits per heavy atom. The molecule has 4 rings (SSSR count). The summed E-state index contributed by atoms with van der Waals surface area (Å²) in [6, 6.07) is 2.11. The van der Waals surface area contributed by atoms with Crippen LogP contribution in [0.1, 0.15) is 54.5 Å². The standard InChI is InChI=1S/C18H24N6O/c25-17(22-16-4-1-3-15-18(16)21-9-8-20-15)6-5-13-11-14-12-19-7-2-10-24(14)23-13/h8-9,11,16,19H,1-7,10,12H2,(H,22,25). The third kappa shape index (κ3) is 3.71. The summed E-state index contributed by atoms with van der Waals surface area (Å²) in [5, 5.41) is 11.2. The molecule has 7 nitrogen and oxygen atoms in total. The molecule has 0 aromatic carbocycles. The van der Waals surface area contributed by atoms with Crippen molar-refractivity contribution < 1.29 is 4.79 Å². The van der Waals surface area contributed by atoms with Gasteiger partial charge < -0.3 is 10.6 Å². The molecule has 1 unspecified atom stereocenters. The summed E-state index contributed by atoms with van der Waals surface area (Å²) in [5.74, 6) is 0.0600. The van der Waals surface area contributed by atoms with Crippen molar-refractivity contribution in [2.45, 2.75) is 57.7 Å². The second kappa shape index (κ2) is 7.31. The molecule has 0 saturated carbocycles. The van der Waals surface area contributed by atoms with Crippen LogP contribution >= 0.6 is 0 Å². The van der Waals surface area contributed by atoms with Crippen LogP contribution in [0.4, 0.5) is 0 Å². The van der Waals surface area contributed by atoms with Crippen molar-refractivity contribution in [1.29, 1.82) is 0 Å². The first kappa shape index (κ1) is 16.2. The second-order valence-electron chi connectivity index (χ2n) is 6.78. The number of amides is 1. The number of aromatic nitrogens is 4. The smallest absolute Gasteiger partial charge is 0.220 e. The predicted octanol–water partition coefficient (Wildman–Crippen LogP) is 1.29. The van der Waals surface area contributed by atoms with Gasteiger partial charge in [0.25, 0.3) is 0 Å². The maximum absolute atomic E-state index is 12.4. The van der Waals surface area contributed by atoms with E-state index >= 15 is 0 Å². The Morgan fingerprint density at radius 3 is 3.20 bits per heavy atom.